The maximum atomic E-state index is 15.0. The maximum absolute atomic E-state index is 15.0. The van der Waals surface area contributed by atoms with Gasteiger partial charge in [-0.25, -0.2) is 9.37 Å². The molecular weight excluding hydrogens is 741 g/mol. The number of thiazole rings is 1. The first kappa shape index (κ1) is 37.7. The summed E-state index contributed by atoms with van der Waals surface area (Å²) in [5.74, 6) is -4.32. The number of hydrogen-bond donors (Lipinski definition) is 3. The van der Waals surface area contributed by atoms with Crippen LogP contribution in [0.5, 0.6) is 5.75 Å². The number of likely N-dealkylation sites (tertiary alicyclic amines) is 1. The third-order valence-corrected chi connectivity index (χ3v) is 10.6. The Kier molecular flexibility index (Phi) is 11.6. The molecule has 3 fully saturated rings. The Morgan fingerprint density at radius 3 is 2.73 bits per heavy atom. The highest BCUT2D eigenvalue weighted by atomic mass is 32.1. The summed E-state index contributed by atoms with van der Waals surface area (Å²) in [6.07, 6.45) is 2.28. The van der Waals surface area contributed by atoms with Crippen LogP contribution in [0.15, 0.2) is 40.5 Å². The molecule has 3 aliphatic heterocycles. The molecule has 4 amide bonds. The van der Waals surface area contributed by atoms with Gasteiger partial charge < -0.3 is 29.9 Å². The van der Waals surface area contributed by atoms with E-state index in [9.17, 15) is 32.8 Å². The molecule has 0 saturated carbocycles. The molecule has 2 aromatic carbocycles. The normalized spacial score (nSPS) is 18.9. The van der Waals surface area contributed by atoms with Crippen molar-refractivity contribution >= 4 is 56.7 Å². The first-order valence-corrected chi connectivity index (χ1v) is 19.0. The van der Waals surface area contributed by atoms with Crippen LogP contribution in [0, 0.1) is 11.6 Å². The number of piperidine rings is 2. The third kappa shape index (κ3) is 8.72. The van der Waals surface area contributed by atoms with E-state index in [2.05, 4.69) is 36.1 Å². The van der Waals surface area contributed by atoms with Crippen molar-refractivity contribution in [3.05, 3.63) is 57.7 Å². The average molecular weight is 780 g/mol. The van der Waals surface area contributed by atoms with Crippen LogP contribution in [0.3, 0.4) is 0 Å². The zero-order valence-corrected chi connectivity index (χ0v) is 30.5. The van der Waals surface area contributed by atoms with Crippen LogP contribution >= 0.6 is 11.3 Å². The van der Waals surface area contributed by atoms with Gasteiger partial charge in [0, 0.05) is 68.2 Å². The molecule has 3 saturated heterocycles. The number of carbonyl (C=O) groups is 4. The van der Waals surface area contributed by atoms with E-state index in [0.29, 0.717) is 82.1 Å². The van der Waals surface area contributed by atoms with E-state index in [4.69, 9.17) is 9.47 Å². The van der Waals surface area contributed by atoms with Gasteiger partial charge in [0.25, 0.3) is 17.4 Å². The van der Waals surface area contributed by atoms with Crippen LogP contribution in [0.25, 0.3) is 22.2 Å². The van der Waals surface area contributed by atoms with Gasteiger partial charge in [0.05, 0.1) is 24.3 Å². The summed E-state index contributed by atoms with van der Waals surface area (Å²) >= 11 is 1.37. The second-order valence-electron chi connectivity index (χ2n) is 13.5. The first-order chi connectivity index (χ1) is 26.6. The van der Waals surface area contributed by atoms with Gasteiger partial charge in [0.15, 0.2) is 23.3 Å². The van der Waals surface area contributed by atoms with Crippen molar-refractivity contribution < 1.29 is 37.4 Å². The van der Waals surface area contributed by atoms with E-state index in [1.54, 1.807) is 28.5 Å². The molecule has 0 aliphatic carbocycles. The summed E-state index contributed by atoms with van der Waals surface area (Å²) in [6, 6.07) is 6.09. The van der Waals surface area contributed by atoms with Crippen LogP contribution in [0.4, 0.5) is 19.6 Å². The average Bonchev–Trinajstić information content (AvgIpc) is 3.68. The number of halogens is 2. The highest BCUT2D eigenvalue weighted by Gasteiger charge is 2.31. The number of benzene rings is 2. The van der Waals surface area contributed by atoms with Crippen LogP contribution in [-0.2, 0) is 23.9 Å². The molecular formula is C36H39F2N9O7S. The molecule has 3 aliphatic rings. The van der Waals surface area contributed by atoms with E-state index in [-0.39, 0.29) is 42.2 Å². The molecule has 16 nitrogen and oxygen atoms in total. The number of fused-ring (bicyclic) bond motifs is 1. The lowest BCUT2D eigenvalue weighted by molar-refractivity contribution is -0.136. The fourth-order valence-electron chi connectivity index (χ4n) is 6.81. The number of amides is 4. The van der Waals surface area contributed by atoms with Crippen molar-refractivity contribution in [1.29, 1.82) is 0 Å². The van der Waals surface area contributed by atoms with E-state index in [1.807, 2.05) is 0 Å². The number of anilines is 2. The topological polar surface area (TPSA) is 190 Å². The summed E-state index contributed by atoms with van der Waals surface area (Å²) in [5, 5.41) is 19.0. The molecule has 0 bridgehead atoms. The third-order valence-electron chi connectivity index (χ3n) is 9.67. The number of nitrogens with zero attached hydrogens (tertiary/aromatic N) is 6. The van der Waals surface area contributed by atoms with E-state index in [0.717, 1.165) is 15.9 Å². The van der Waals surface area contributed by atoms with Gasteiger partial charge in [-0.05, 0) is 56.0 Å². The molecule has 7 rings (SSSR count). The van der Waals surface area contributed by atoms with Crippen molar-refractivity contribution in [2.45, 2.75) is 50.6 Å². The quantitative estimate of drug-likeness (QED) is 0.141. The molecule has 2 unspecified atom stereocenters. The summed E-state index contributed by atoms with van der Waals surface area (Å²) < 4.78 is 41.2. The van der Waals surface area contributed by atoms with Crippen LogP contribution < -0.4 is 31.1 Å². The first-order valence-electron chi connectivity index (χ1n) is 18.1. The van der Waals surface area contributed by atoms with E-state index >= 15 is 0 Å². The molecule has 4 aromatic rings. The lowest BCUT2D eigenvalue weighted by Crippen LogP contribution is -2.50. The molecule has 290 valence electrons. The van der Waals surface area contributed by atoms with Gasteiger partial charge in [0.2, 0.25) is 17.6 Å². The monoisotopic (exact) mass is 779 g/mol. The van der Waals surface area contributed by atoms with Crippen molar-refractivity contribution in [2.24, 2.45) is 0 Å². The minimum atomic E-state index is -1.21. The minimum absolute atomic E-state index is 0.0795. The Balaban J connectivity index is 0.886. The number of nitrogens with one attached hydrogen (secondary N) is 3. The minimum Gasteiger partial charge on any atom is -0.480 e. The number of ether oxygens (including phenoxy) is 2. The standard InChI is InChI=1S/C36H39F2N9O7S/c37-25-7-6-23(27-20-55-36(41-27)45-13-15-53-16-14-45)33(32(25)38)54-19-30(49)40-22-3-2-12-46(18-22)31(50)4-1-11-39-21-5-8-26-24(17-21)35(52)47(44-43-26)28-9-10-29(48)42-34(28)51/h5-8,17,20,22,28,39H,1-4,9-16,18-19H2,(H,40,49)(H,42,48,51). The fourth-order valence-corrected chi connectivity index (χ4v) is 7.69. The molecule has 2 aromatic heterocycles. The van der Waals surface area contributed by atoms with Crippen LogP contribution in [0.1, 0.15) is 44.6 Å². The van der Waals surface area contributed by atoms with Gasteiger partial charge in [-0.1, -0.05) is 5.21 Å². The molecule has 0 spiro atoms. The number of carbonyl (C=O) groups excluding carboxylic acids is 4. The molecule has 2 atom stereocenters. The van der Waals surface area contributed by atoms with Crippen molar-refractivity contribution in [3.63, 3.8) is 0 Å². The second-order valence-corrected chi connectivity index (χ2v) is 14.3. The van der Waals surface area contributed by atoms with E-state index in [1.165, 1.54) is 17.4 Å². The number of aromatic nitrogens is 4. The highest BCUT2D eigenvalue weighted by molar-refractivity contribution is 7.14. The Morgan fingerprint density at radius 2 is 1.91 bits per heavy atom. The lowest BCUT2D eigenvalue weighted by atomic mass is 10.0. The predicted octanol–water partition coefficient (Wildman–Crippen LogP) is 2.39. The van der Waals surface area contributed by atoms with Gasteiger partial charge >= 0.3 is 0 Å². The second kappa shape index (κ2) is 16.8. The SMILES string of the molecule is O=C1CCC(n2nnc3ccc(NCCCC(=O)N4CCCC(NC(=O)COc5c(-c6csc(N7CCOCC7)n6)ccc(F)c5F)C4)cc3c2=O)C(=O)N1. The predicted molar refractivity (Wildman–Crippen MR) is 197 cm³/mol. The van der Waals surface area contributed by atoms with Crippen molar-refractivity contribution in [1.82, 2.24) is 35.5 Å². The molecule has 0 radical (unpaired) electrons. The molecule has 19 heteroatoms. The number of hydrogen-bond acceptors (Lipinski definition) is 13. The number of morpholine rings is 1. The summed E-state index contributed by atoms with van der Waals surface area (Å²) in [4.78, 5) is 71.4. The molecule has 55 heavy (non-hydrogen) atoms. The Bertz CT molecular complexity index is 2160. The number of rotatable bonds is 12. The van der Waals surface area contributed by atoms with Gasteiger partial charge in [-0.2, -0.15) is 9.07 Å². The maximum Gasteiger partial charge on any atom is 0.278 e. The lowest BCUT2D eigenvalue weighted by Gasteiger charge is -2.33. The smallest absolute Gasteiger partial charge is 0.278 e. The fraction of sp³-hybridized carbons (Fsp3) is 0.444. The van der Waals surface area contributed by atoms with Crippen molar-refractivity contribution in [3.8, 4) is 17.0 Å². The van der Waals surface area contributed by atoms with Crippen LogP contribution in [0.2, 0.25) is 0 Å². The molecule has 5 heterocycles. The Morgan fingerprint density at radius 1 is 1.07 bits per heavy atom. The van der Waals surface area contributed by atoms with Crippen molar-refractivity contribution in [2.75, 3.05) is 62.8 Å². The van der Waals surface area contributed by atoms with Crippen LogP contribution in [-0.4, -0.2) is 107 Å². The van der Waals surface area contributed by atoms with Gasteiger partial charge in [0.1, 0.15) is 11.6 Å². The van der Waals surface area contributed by atoms with Gasteiger partial charge in [-0.3, -0.25) is 29.3 Å². The molecule has 3 N–H and O–H groups in total. The summed E-state index contributed by atoms with van der Waals surface area (Å²) in [5.41, 5.74) is 1.11. The Hall–Kier alpha value is -5.56. The highest BCUT2D eigenvalue weighted by Crippen LogP contribution is 2.36. The van der Waals surface area contributed by atoms with Gasteiger partial charge in [-0.15, -0.1) is 16.4 Å². The zero-order valence-electron chi connectivity index (χ0n) is 29.7. The zero-order chi connectivity index (χ0) is 38.5. The van der Waals surface area contributed by atoms with E-state index < -0.39 is 53.3 Å². The number of imide groups is 1. The largest absolute Gasteiger partial charge is 0.480 e. The summed E-state index contributed by atoms with van der Waals surface area (Å²) in [6.45, 7) is 3.19. The Labute approximate surface area is 317 Å². The summed E-state index contributed by atoms with van der Waals surface area (Å²) in [7, 11) is 0.